The van der Waals surface area contributed by atoms with E-state index in [4.69, 9.17) is 30.5 Å². The maximum absolute atomic E-state index is 14.0. The van der Waals surface area contributed by atoms with Crippen molar-refractivity contribution in [2.75, 3.05) is 38.7 Å². The van der Waals surface area contributed by atoms with E-state index in [0.717, 1.165) is 25.9 Å². The molecular formula is C31H38ClN5O8. The van der Waals surface area contributed by atoms with Gasteiger partial charge in [-0.1, -0.05) is 29.8 Å². The van der Waals surface area contributed by atoms with Crippen molar-refractivity contribution in [2.45, 2.75) is 58.5 Å². The Morgan fingerprint density at radius 3 is 2.42 bits per heavy atom. The van der Waals surface area contributed by atoms with Crippen LogP contribution in [0.1, 0.15) is 54.5 Å². The maximum atomic E-state index is 14.0. The van der Waals surface area contributed by atoms with Gasteiger partial charge in [0.05, 0.1) is 22.7 Å². The number of piperidine rings is 1. The van der Waals surface area contributed by atoms with Crippen LogP contribution in [0.4, 0.5) is 10.6 Å². The van der Waals surface area contributed by atoms with E-state index < -0.39 is 30.2 Å². The van der Waals surface area contributed by atoms with Gasteiger partial charge in [0.2, 0.25) is 12.2 Å². The average Bonchev–Trinajstić information content (AvgIpc) is 3.32. The Morgan fingerprint density at radius 1 is 1.02 bits per heavy atom. The third-order valence-corrected chi connectivity index (χ3v) is 7.55. The number of hydrogen-bond acceptors (Lipinski definition) is 10. The number of methoxy groups -OCH3 is 1. The molecule has 1 aliphatic rings. The number of benzene rings is 1. The molecule has 1 saturated heterocycles. The molecule has 0 spiro atoms. The zero-order chi connectivity index (χ0) is 32.5. The number of esters is 1. The van der Waals surface area contributed by atoms with Crippen LogP contribution in [-0.2, 0) is 30.3 Å². The van der Waals surface area contributed by atoms with E-state index >= 15 is 0 Å². The summed E-state index contributed by atoms with van der Waals surface area (Å²) >= 11 is 5.92. The number of para-hydroxylation sites is 1. The Morgan fingerprint density at radius 2 is 1.76 bits per heavy atom. The van der Waals surface area contributed by atoms with E-state index in [1.807, 2.05) is 0 Å². The highest BCUT2D eigenvalue weighted by molar-refractivity contribution is 6.30. The van der Waals surface area contributed by atoms with Gasteiger partial charge in [0.25, 0.3) is 5.91 Å². The van der Waals surface area contributed by atoms with E-state index in [1.54, 1.807) is 36.4 Å². The molecule has 3 heterocycles. The van der Waals surface area contributed by atoms with Crippen molar-refractivity contribution in [2.24, 2.45) is 0 Å². The fraction of sp³-hybridized carbons (Fsp3) is 0.452. The van der Waals surface area contributed by atoms with Crippen LogP contribution in [0.25, 0.3) is 10.9 Å². The highest BCUT2D eigenvalue weighted by Gasteiger charge is 2.32. The lowest BCUT2D eigenvalue weighted by Gasteiger charge is -2.34. The standard InChI is InChI=1S/C31H38ClN5O8/c1-19(2)36-13-11-22(12-14-36)34-29(39)28-27(30(40)44-20(3)45-31(41)43-16-15-42-4)23-7-5-6-8-24(23)37(28)18-26(38)35-25-10-9-21(32)17-33-25/h5-10,17,19-20,22H,11-16,18H2,1-4H3,(H,34,39)(H,33,35,38). The van der Waals surface area contributed by atoms with Crippen molar-refractivity contribution in [1.29, 1.82) is 0 Å². The highest BCUT2D eigenvalue weighted by atomic mass is 35.5. The van der Waals surface area contributed by atoms with Crippen LogP contribution in [0.15, 0.2) is 42.6 Å². The number of ether oxygens (including phenoxy) is 4. The van der Waals surface area contributed by atoms with Crippen molar-refractivity contribution in [3.8, 4) is 0 Å². The quantitative estimate of drug-likeness (QED) is 0.167. The number of rotatable bonds is 12. The second kappa shape index (κ2) is 15.7. The number of aromatic nitrogens is 2. The summed E-state index contributed by atoms with van der Waals surface area (Å²) in [7, 11) is 1.45. The smallest absolute Gasteiger partial charge is 0.432 e. The molecule has 0 saturated carbocycles. The van der Waals surface area contributed by atoms with Crippen molar-refractivity contribution >= 4 is 52.3 Å². The number of pyridine rings is 1. The molecule has 0 aliphatic carbocycles. The Labute approximate surface area is 266 Å². The Kier molecular flexibility index (Phi) is 11.7. The average molecular weight is 644 g/mol. The van der Waals surface area contributed by atoms with Gasteiger partial charge in [-0.15, -0.1) is 0 Å². The fourth-order valence-electron chi connectivity index (χ4n) is 5.11. The van der Waals surface area contributed by atoms with Gasteiger partial charge in [0, 0.05) is 50.8 Å². The van der Waals surface area contributed by atoms with Crippen LogP contribution >= 0.6 is 11.6 Å². The van der Waals surface area contributed by atoms with Gasteiger partial charge < -0.3 is 39.0 Å². The number of halogens is 1. The molecule has 0 radical (unpaired) electrons. The summed E-state index contributed by atoms with van der Waals surface area (Å²) in [5, 5.41) is 6.55. The summed E-state index contributed by atoms with van der Waals surface area (Å²) in [5.74, 6) is -1.67. The van der Waals surface area contributed by atoms with Crippen LogP contribution in [0.3, 0.4) is 0 Å². The maximum Gasteiger partial charge on any atom is 0.511 e. The minimum atomic E-state index is -1.34. The normalized spacial score (nSPS) is 14.6. The van der Waals surface area contributed by atoms with Gasteiger partial charge in [-0.25, -0.2) is 14.6 Å². The van der Waals surface area contributed by atoms with Crippen LogP contribution in [0.2, 0.25) is 5.02 Å². The van der Waals surface area contributed by atoms with Crippen molar-refractivity contribution in [1.82, 2.24) is 19.8 Å². The molecule has 3 aromatic rings. The van der Waals surface area contributed by atoms with Gasteiger partial charge in [-0.05, 0) is 44.9 Å². The van der Waals surface area contributed by atoms with Crippen LogP contribution in [-0.4, -0.2) is 90.2 Å². The van der Waals surface area contributed by atoms with E-state index in [2.05, 4.69) is 34.4 Å². The van der Waals surface area contributed by atoms with Gasteiger partial charge in [-0.3, -0.25) is 9.59 Å². The first-order valence-corrected chi connectivity index (χ1v) is 15.1. The van der Waals surface area contributed by atoms with Crippen molar-refractivity contribution in [3.63, 3.8) is 0 Å². The van der Waals surface area contributed by atoms with Crippen LogP contribution in [0.5, 0.6) is 0 Å². The number of carbonyl (C=O) groups is 4. The minimum Gasteiger partial charge on any atom is -0.432 e. The summed E-state index contributed by atoms with van der Waals surface area (Å²) in [6, 6.07) is 10.2. The molecule has 14 heteroatoms. The topological polar surface area (TPSA) is 150 Å². The van der Waals surface area contributed by atoms with Crippen LogP contribution in [0, 0.1) is 0 Å². The van der Waals surface area contributed by atoms with Gasteiger partial charge >= 0.3 is 12.1 Å². The molecule has 2 N–H and O–H groups in total. The largest absolute Gasteiger partial charge is 0.511 e. The highest BCUT2D eigenvalue weighted by Crippen LogP contribution is 2.29. The fourth-order valence-corrected chi connectivity index (χ4v) is 5.22. The lowest BCUT2D eigenvalue weighted by Crippen LogP contribution is -2.47. The number of nitrogens with one attached hydrogen (secondary N) is 2. The van der Waals surface area contributed by atoms with Gasteiger partial charge in [0.15, 0.2) is 0 Å². The second-order valence-corrected chi connectivity index (χ2v) is 11.2. The van der Waals surface area contributed by atoms with E-state index in [9.17, 15) is 19.2 Å². The molecule has 242 valence electrons. The molecule has 4 rings (SSSR count). The molecule has 45 heavy (non-hydrogen) atoms. The molecule has 1 unspecified atom stereocenters. The summed E-state index contributed by atoms with van der Waals surface area (Å²) < 4.78 is 21.7. The zero-order valence-electron chi connectivity index (χ0n) is 25.7. The first kappa shape index (κ1) is 33.7. The monoisotopic (exact) mass is 643 g/mol. The van der Waals surface area contributed by atoms with E-state index in [-0.39, 0.29) is 42.9 Å². The minimum absolute atomic E-state index is 0.0441. The van der Waals surface area contributed by atoms with Gasteiger partial charge in [0.1, 0.15) is 24.7 Å². The van der Waals surface area contributed by atoms with Crippen LogP contribution < -0.4 is 10.6 Å². The second-order valence-electron chi connectivity index (χ2n) is 10.8. The van der Waals surface area contributed by atoms with E-state index in [1.165, 1.54) is 24.8 Å². The molecule has 0 bridgehead atoms. The number of nitrogens with zero attached hydrogens (tertiary/aromatic N) is 3. The third-order valence-electron chi connectivity index (χ3n) is 7.32. The first-order valence-electron chi connectivity index (χ1n) is 14.7. The molecule has 2 aromatic heterocycles. The van der Waals surface area contributed by atoms with E-state index in [0.29, 0.717) is 22.0 Å². The Bertz CT molecular complexity index is 1500. The summed E-state index contributed by atoms with van der Waals surface area (Å²) in [5.41, 5.74) is 0.334. The molecule has 1 aromatic carbocycles. The molecule has 2 amide bonds. The number of hydrogen-bond donors (Lipinski definition) is 2. The van der Waals surface area contributed by atoms with Gasteiger partial charge in [-0.2, -0.15) is 0 Å². The number of likely N-dealkylation sites (tertiary alicyclic amines) is 1. The van der Waals surface area contributed by atoms with Crippen molar-refractivity contribution in [3.05, 3.63) is 58.9 Å². The summed E-state index contributed by atoms with van der Waals surface area (Å²) in [6.07, 6.45) is 0.458. The SMILES string of the molecule is COCCOC(=O)OC(C)OC(=O)c1c(C(=O)NC2CCN(C(C)C)CC2)n(CC(=O)Nc2ccc(Cl)cn2)c2ccccc12. The number of fused-ring (bicyclic) bond motifs is 1. The van der Waals surface area contributed by atoms with Crippen molar-refractivity contribution < 1.29 is 38.1 Å². The number of carbonyl (C=O) groups excluding carboxylic acids is 4. The molecular weight excluding hydrogens is 606 g/mol. The lowest BCUT2D eigenvalue weighted by molar-refractivity contribution is -0.116. The number of anilines is 1. The Balaban J connectivity index is 1.64. The lowest BCUT2D eigenvalue weighted by atomic mass is 10.0. The molecule has 1 aliphatic heterocycles. The number of amides is 2. The summed E-state index contributed by atoms with van der Waals surface area (Å²) in [6.45, 7) is 7.04. The molecule has 1 atom stereocenters. The predicted octanol–water partition coefficient (Wildman–Crippen LogP) is 4.23. The molecule has 1 fully saturated rings. The summed E-state index contributed by atoms with van der Waals surface area (Å²) in [4.78, 5) is 59.3. The Hall–Kier alpha value is -4.20. The predicted molar refractivity (Wildman–Crippen MR) is 166 cm³/mol. The zero-order valence-corrected chi connectivity index (χ0v) is 26.5. The first-order chi connectivity index (χ1) is 21.6. The molecule has 13 nitrogen and oxygen atoms in total. The third kappa shape index (κ3) is 8.93.